The van der Waals surface area contributed by atoms with Crippen molar-refractivity contribution >= 4 is 17.3 Å². The highest BCUT2D eigenvalue weighted by atomic mass is 16.6. The fourth-order valence-electron chi connectivity index (χ4n) is 2.55. The molecule has 1 aliphatic carbocycles. The van der Waals surface area contributed by atoms with E-state index in [0.717, 1.165) is 24.8 Å². The fourth-order valence-corrected chi connectivity index (χ4v) is 2.55. The summed E-state index contributed by atoms with van der Waals surface area (Å²) in [6, 6.07) is 3.13. The Morgan fingerprint density at radius 2 is 2.05 bits per heavy atom. The summed E-state index contributed by atoms with van der Waals surface area (Å²) in [5.41, 5.74) is 7.11. The molecule has 1 fully saturated rings. The molecule has 108 valence electrons. The Bertz CT molecular complexity index is 560. The van der Waals surface area contributed by atoms with Gasteiger partial charge in [0.2, 0.25) is 5.91 Å². The monoisotopic (exact) mass is 277 g/mol. The Morgan fingerprint density at radius 3 is 2.50 bits per heavy atom. The van der Waals surface area contributed by atoms with Gasteiger partial charge >= 0.3 is 0 Å². The molecule has 20 heavy (non-hydrogen) atoms. The van der Waals surface area contributed by atoms with Gasteiger partial charge in [-0.15, -0.1) is 0 Å². The van der Waals surface area contributed by atoms with Crippen LogP contribution in [0.4, 0.5) is 11.4 Å². The van der Waals surface area contributed by atoms with Gasteiger partial charge in [-0.3, -0.25) is 14.9 Å². The first-order chi connectivity index (χ1) is 9.39. The van der Waals surface area contributed by atoms with Gasteiger partial charge in [0.05, 0.1) is 16.0 Å². The molecule has 0 heterocycles. The highest BCUT2D eigenvalue weighted by Gasteiger charge is 2.43. The lowest BCUT2D eigenvalue weighted by Gasteiger charge is -2.39. The molecule has 1 aromatic rings. The first kappa shape index (κ1) is 14.5. The van der Waals surface area contributed by atoms with Gasteiger partial charge in [-0.1, -0.05) is 6.42 Å². The number of hydrogen-bond acceptors (Lipinski definition) is 4. The summed E-state index contributed by atoms with van der Waals surface area (Å²) in [6.07, 6.45) is 2.56. The number of carbonyl (C=O) groups is 1. The number of hydrogen-bond donors (Lipinski definition) is 2. The van der Waals surface area contributed by atoms with Gasteiger partial charge in [-0.2, -0.15) is 0 Å². The number of amides is 1. The minimum atomic E-state index is -0.494. The zero-order valence-electron chi connectivity index (χ0n) is 11.7. The second kappa shape index (κ2) is 5.20. The number of carbonyl (C=O) groups excluding carboxylic acids is 1. The highest BCUT2D eigenvalue weighted by Crippen LogP contribution is 2.41. The predicted octanol–water partition coefficient (Wildman–Crippen LogP) is 2.28. The fraction of sp³-hybridized carbons (Fsp3) is 0.500. The van der Waals surface area contributed by atoms with Gasteiger partial charge in [0.1, 0.15) is 0 Å². The average Bonchev–Trinajstić information content (AvgIpc) is 2.31. The van der Waals surface area contributed by atoms with E-state index in [4.69, 9.17) is 5.73 Å². The molecule has 1 aliphatic rings. The van der Waals surface area contributed by atoms with Crippen molar-refractivity contribution in [3.8, 4) is 0 Å². The number of nitrogens with two attached hydrogens (primary N) is 1. The van der Waals surface area contributed by atoms with Crippen molar-refractivity contribution in [3.05, 3.63) is 33.4 Å². The number of aryl methyl sites for hydroxylation is 2. The van der Waals surface area contributed by atoms with Crippen LogP contribution in [-0.2, 0) is 4.79 Å². The number of benzene rings is 1. The number of nitro benzene ring substituents is 1. The summed E-state index contributed by atoms with van der Waals surface area (Å²) < 4.78 is 0. The van der Waals surface area contributed by atoms with Gasteiger partial charge in [0.25, 0.3) is 5.69 Å². The van der Waals surface area contributed by atoms with Crippen molar-refractivity contribution < 1.29 is 9.72 Å². The summed E-state index contributed by atoms with van der Waals surface area (Å²) >= 11 is 0. The average molecular weight is 277 g/mol. The normalized spacial score (nSPS) is 16.4. The molecule has 0 saturated heterocycles. The standard InChI is InChI=1S/C14H19N3O3/c1-9-6-10(2)12(17(19)20)7-11(9)16-13(18)14(8-15)4-3-5-14/h6-7H,3-5,8,15H2,1-2H3,(H,16,18). The molecule has 0 atom stereocenters. The second-order valence-corrected chi connectivity index (χ2v) is 5.50. The van der Waals surface area contributed by atoms with Crippen molar-refractivity contribution in [1.29, 1.82) is 0 Å². The Balaban J connectivity index is 2.27. The van der Waals surface area contributed by atoms with Crippen molar-refractivity contribution in [3.63, 3.8) is 0 Å². The molecular weight excluding hydrogens is 258 g/mol. The summed E-state index contributed by atoms with van der Waals surface area (Å²) in [5, 5.41) is 13.8. The maximum Gasteiger partial charge on any atom is 0.274 e. The van der Waals surface area contributed by atoms with Crippen LogP contribution in [0.2, 0.25) is 0 Å². The highest BCUT2D eigenvalue weighted by molar-refractivity contribution is 5.97. The number of rotatable bonds is 4. The zero-order chi connectivity index (χ0) is 14.9. The molecule has 1 amide bonds. The van der Waals surface area contributed by atoms with Crippen LogP contribution in [0.5, 0.6) is 0 Å². The van der Waals surface area contributed by atoms with Gasteiger partial charge in [0, 0.05) is 18.2 Å². The van der Waals surface area contributed by atoms with E-state index >= 15 is 0 Å². The summed E-state index contributed by atoms with van der Waals surface area (Å²) in [6.45, 7) is 3.82. The Kier molecular flexibility index (Phi) is 3.76. The van der Waals surface area contributed by atoms with Crippen LogP contribution in [-0.4, -0.2) is 17.4 Å². The lowest BCUT2D eigenvalue weighted by Crippen LogP contribution is -2.47. The quantitative estimate of drug-likeness (QED) is 0.651. The van der Waals surface area contributed by atoms with Crippen LogP contribution < -0.4 is 11.1 Å². The molecule has 6 nitrogen and oxygen atoms in total. The van der Waals surface area contributed by atoms with E-state index in [1.54, 1.807) is 13.0 Å². The molecule has 0 aromatic heterocycles. The van der Waals surface area contributed by atoms with Crippen molar-refractivity contribution in [1.82, 2.24) is 0 Å². The maximum absolute atomic E-state index is 12.3. The van der Waals surface area contributed by atoms with Crippen LogP contribution in [0.25, 0.3) is 0 Å². The molecule has 0 unspecified atom stereocenters. The van der Waals surface area contributed by atoms with Crippen LogP contribution in [0.15, 0.2) is 12.1 Å². The number of nitro groups is 1. The van der Waals surface area contributed by atoms with E-state index in [0.29, 0.717) is 17.8 Å². The van der Waals surface area contributed by atoms with E-state index < -0.39 is 10.3 Å². The summed E-state index contributed by atoms with van der Waals surface area (Å²) in [5.74, 6) is -0.132. The minimum absolute atomic E-state index is 0.0151. The van der Waals surface area contributed by atoms with Crippen LogP contribution in [0.3, 0.4) is 0 Å². The topological polar surface area (TPSA) is 98.3 Å². The molecular formula is C14H19N3O3. The SMILES string of the molecule is Cc1cc(C)c([N+](=O)[O-])cc1NC(=O)C1(CN)CCC1. The molecule has 3 N–H and O–H groups in total. The molecule has 6 heteroatoms. The maximum atomic E-state index is 12.3. The Morgan fingerprint density at radius 1 is 1.40 bits per heavy atom. The molecule has 0 radical (unpaired) electrons. The van der Waals surface area contributed by atoms with E-state index in [2.05, 4.69) is 5.32 Å². The van der Waals surface area contributed by atoms with E-state index in [1.165, 1.54) is 6.07 Å². The lowest BCUT2D eigenvalue weighted by atomic mass is 9.68. The zero-order valence-corrected chi connectivity index (χ0v) is 11.7. The van der Waals surface area contributed by atoms with Gasteiger partial charge < -0.3 is 11.1 Å². The van der Waals surface area contributed by atoms with Crippen molar-refractivity contribution in [2.75, 3.05) is 11.9 Å². The summed E-state index contributed by atoms with van der Waals surface area (Å²) in [7, 11) is 0. The minimum Gasteiger partial charge on any atom is -0.329 e. The van der Waals surface area contributed by atoms with Crippen LogP contribution in [0, 0.1) is 29.4 Å². The Labute approximate surface area is 117 Å². The van der Waals surface area contributed by atoms with Crippen LogP contribution in [0.1, 0.15) is 30.4 Å². The molecule has 1 saturated carbocycles. The largest absolute Gasteiger partial charge is 0.329 e. The molecule has 0 aliphatic heterocycles. The second-order valence-electron chi connectivity index (χ2n) is 5.50. The smallest absolute Gasteiger partial charge is 0.274 e. The van der Waals surface area contributed by atoms with Crippen molar-refractivity contribution in [2.45, 2.75) is 33.1 Å². The number of nitrogens with zero attached hydrogens (tertiary/aromatic N) is 1. The van der Waals surface area contributed by atoms with Gasteiger partial charge in [-0.05, 0) is 38.3 Å². The van der Waals surface area contributed by atoms with Crippen molar-refractivity contribution in [2.24, 2.45) is 11.1 Å². The predicted molar refractivity (Wildman–Crippen MR) is 76.5 cm³/mol. The van der Waals surface area contributed by atoms with E-state index in [1.807, 2.05) is 6.92 Å². The Hall–Kier alpha value is -1.95. The first-order valence-corrected chi connectivity index (χ1v) is 6.67. The molecule has 0 bridgehead atoms. The summed E-state index contributed by atoms with van der Waals surface area (Å²) in [4.78, 5) is 22.8. The van der Waals surface area contributed by atoms with Crippen LogP contribution >= 0.6 is 0 Å². The van der Waals surface area contributed by atoms with Gasteiger partial charge in [0.15, 0.2) is 0 Å². The number of anilines is 1. The molecule has 1 aromatic carbocycles. The molecule has 0 spiro atoms. The lowest BCUT2D eigenvalue weighted by molar-refractivity contribution is -0.385. The number of nitrogens with one attached hydrogen (secondary N) is 1. The molecule has 2 rings (SSSR count). The third-order valence-electron chi connectivity index (χ3n) is 4.17. The van der Waals surface area contributed by atoms with E-state index in [9.17, 15) is 14.9 Å². The third kappa shape index (κ3) is 2.38. The van der Waals surface area contributed by atoms with Gasteiger partial charge in [-0.25, -0.2) is 0 Å². The third-order valence-corrected chi connectivity index (χ3v) is 4.17. The first-order valence-electron chi connectivity index (χ1n) is 6.67. The van der Waals surface area contributed by atoms with E-state index in [-0.39, 0.29) is 11.6 Å².